The number of benzene rings is 1. The number of Topliss-reactive ketones (excluding diaryl/α,β-unsaturated/α-hetero) is 1. The van der Waals surface area contributed by atoms with E-state index in [0.717, 1.165) is 0 Å². The van der Waals surface area contributed by atoms with Gasteiger partial charge in [-0.25, -0.2) is 9.59 Å². The summed E-state index contributed by atoms with van der Waals surface area (Å²) in [5.74, 6) is -3.95. The van der Waals surface area contributed by atoms with E-state index >= 15 is 0 Å². The van der Waals surface area contributed by atoms with Gasteiger partial charge in [-0.2, -0.15) is 0 Å². The number of rotatable bonds is 2. The van der Waals surface area contributed by atoms with E-state index < -0.39 is 23.5 Å². The van der Waals surface area contributed by atoms with Gasteiger partial charge < -0.3 is 14.2 Å². The van der Waals surface area contributed by atoms with Crippen molar-refractivity contribution in [1.82, 2.24) is 0 Å². The van der Waals surface area contributed by atoms with E-state index in [0.29, 0.717) is 5.56 Å². The zero-order valence-corrected chi connectivity index (χ0v) is 11.5. The standard InChI is InChI=1S/C15H12O6/c1-3-19-14(18)11-8(2)20-15(12(11)16)10-7-5-4-6-9(10)13(17)21-15/h4-7H,3H2,1-2H3. The average Bonchev–Trinajstić information content (AvgIpc) is 2.87. The number of hydrogen-bond donors (Lipinski definition) is 0. The SMILES string of the molecule is CCOC(=O)C1=C(C)OC2(OC(=O)c3ccccc32)C1=O. The molecule has 0 aliphatic carbocycles. The van der Waals surface area contributed by atoms with Gasteiger partial charge in [-0.1, -0.05) is 12.1 Å². The molecule has 1 aromatic carbocycles. The van der Waals surface area contributed by atoms with Crippen LogP contribution in [0.5, 0.6) is 0 Å². The number of hydrogen-bond acceptors (Lipinski definition) is 6. The van der Waals surface area contributed by atoms with Crippen LogP contribution in [0.2, 0.25) is 0 Å². The summed E-state index contributed by atoms with van der Waals surface area (Å²) in [6.45, 7) is 3.23. The Hall–Kier alpha value is -2.63. The maximum Gasteiger partial charge on any atom is 0.347 e. The number of ketones is 1. The summed E-state index contributed by atoms with van der Waals surface area (Å²) in [6, 6.07) is 6.43. The zero-order valence-electron chi connectivity index (χ0n) is 11.5. The number of fused-ring (bicyclic) bond motifs is 2. The third kappa shape index (κ3) is 1.68. The highest BCUT2D eigenvalue weighted by Gasteiger charge is 2.60. The van der Waals surface area contributed by atoms with Gasteiger partial charge in [0.1, 0.15) is 11.3 Å². The molecule has 6 nitrogen and oxygen atoms in total. The number of ether oxygens (including phenoxy) is 3. The van der Waals surface area contributed by atoms with Crippen molar-refractivity contribution in [2.24, 2.45) is 0 Å². The van der Waals surface area contributed by atoms with Crippen LogP contribution in [0.25, 0.3) is 0 Å². The van der Waals surface area contributed by atoms with Crippen molar-refractivity contribution in [3.63, 3.8) is 0 Å². The molecular weight excluding hydrogens is 276 g/mol. The number of esters is 2. The molecule has 0 aromatic heterocycles. The summed E-state index contributed by atoms with van der Waals surface area (Å²) < 4.78 is 15.5. The summed E-state index contributed by atoms with van der Waals surface area (Å²) in [4.78, 5) is 36.4. The molecule has 2 heterocycles. The first-order chi connectivity index (χ1) is 10.0. The molecule has 1 aromatic rings. The van der Waals surface area contributed by atoms with Crippen molar-refractivity contribution >= 4 is 17.7 Å². The van der Waals surface area contributed by atoms with E-state index in [4.69, 9.17) is 14.2 Å². The zero-order chi connectivity index (χ0) is 15.2. The monoisotopic (exact) mass is 288 g/mol. The highest BCUT2D eigenvalue weighted by molar-refractivity contribution is 6.23. The lowest BCUT2D eigenvalue weighted by atomic mass is 9.96. The molecule has 6 heteroatoms. The summed E-state index contributed by atoms with van der Waals surface area (Å²) in [5, 5.41) is 0. The molecule has 108 valence electrons. The summed E-state index contributed by atoms with van der Waals surface area (Å²) in [6.07, 6.45) is 0. The molecule has 0 saturated carbocycles. The van der Waals surface area contributed by atoms with Crippen LogP contribution in [-0.4, -0.2) is 24.3 Å². The smallest absolute Gasteiger partial charge is 0.347 e. The fourth-order valence-corrected chi connectivity index (χ4v) is 2.51. The lowest BCUT2D eigenvalue weighted by Crippen LogP contribution is -2.36. The lowest BCUT2D eigenvalue weighted by Gasteiger charge is -2.21. The third-order valence-corrected chi connectivity index (χ3v) is 3.39. The van der Waals surface area contributed by atoms with Gasteiger partial charge in [0, 0.05) is 0 Å². The summed E-state index contributed by atoms with van der Waals surface area (Å²) in [7, 11) is 0. The van der Waals surface area contributed by atoms with Crippen LogP contribution in [-0.2, 0) is 29.6 Å². The Balaban J connectivity index is 2.07. The van der Waals surface area contributed by atoms with E-state index in [1.54, 1.807) is 31.2 Å². The Labute approximate surface area is 120 Å². The Kier molecular flexibility index (Phi) is 2.83. The molecule has 1 unspecified atom stereocenters. The van der Waals surface area contributed by atoms with Gasteiger partial charge >= 0.3 is 17.7 Å². The number of carbonyl (C=O) groups excluding carboxylic acids is 3. The maximum absolute atomic E-state index is 12.6. The van der Waals surface area contributed by atoms with Crippen LogP contribution in [0.4, 0.5) is 0 Å². The normalized spacial score (nSPS) is 23.1. The predicted molar refractivity (Wildman–Crippen MR) is 69.0 cm³/mol. The van der Waals surface area contributed by atoms with Crippen LogP contribution >= 0.6 is 0 Å². The molecule has 2 aliphatic heterocycles. The van der Waals surface area contributed by atoms with Crippen LogP contribution in [0, 0.1) is 0 Å². The quantitative estimate of drug-likeness (QED) is 0.605. The van der Waals surface area contributed by atoms with Crippen molar-refractivity contribution in [2.45, 2.75) is 19.6 Å². The number of carbonyl (C=O) groups is 3. The predicted octanol–water partition coefficient (Wildman–Crippen LogP) is 1.45. The van der Waals surface area contributed by atoms with Gasteiger partial charge in [-0.3, -0.25) is 4.79 Å². The Morgan fingerprint density at radius 3 is 2.67 bits per heavy atom. The maximum atomic E-state index is 12.6. The van der Waals surface area contributed by atoms with Gasteiger partial charge in [0.25, 0.3) is 5.78 Å². The summed E-state index contributed by atoms with van der Waals surface area (Å²) >= 11 is 0. The molecule has 2 aliphatic rings. The molecule has 0 saturated heterocycles. The van der Waals surface area contributed by atoms with Crippen molar-refractivity contribution in [3.8, 4) is 0 Å². The first kappa shape index (κ1) is 13.4. The molecule has 21 heavy (non-hydrogen) atoms. The highest BCUT2D eigenvalue weighted by atomic mass is 16.7. The minimum atomic E-state index is -1.89. The van der Waals surface area contributed by atoms with Gasteiger partial charge in [0.15, 0.2) is 0 Å². The van der Waals surface area contributed by atoms with E-state index in [-0.39, 0.29) is 23.5 Å². The van der Waals surface area contributed by atoms with Crippen molar-refractivity contribution in [3.05, 3.63) is 46.7 Å². The summed E-state index contributed by atoms with van der Waals surface area (Å²) in [5.41, 5.74) is 0.337. The minimum Gasteiger partial charge on any atom is -0.462 e. The first-order valence-electron chi connectivity index (χ1n) is 6.46. The molecule has 0 radical (unpaired) electrons. The van der Waals surface area contributed by atoms with E-state index in [1.807, 2.05) is 0 Å². The molecule has 3 rings (SSSR count). The third-order valence-electron chi connectivity index (χ3n) is 3.39. The van der Waals surface area contributed by atoms with Crippen LogP contribution in [0.15, 0.2) is 35.6 Å². The molecule has 1 atom stereocenters. The number of allylic oxidation sites excluding steroid dienone is 1. The van der Waals surface area contributed by atoms with Crippen LogP contribution in [0.3, 0.4) is 0 Å². The average molecular weight is 288 g/mol. The molecule has 0 bridgehead atoms. The highest BCUT2D eigenvalue weighted by Crippen LogP contribution is 2.46. The van der Waals surface area contributed by atoms with Gasteiger partial charge in [-0.05, 0) is 26.0 Å². The van der Waals surface area contributed by atoms with Gasteiger partial charge in [0.05, 0.1) is 17.7 Å². The van der Waals surface area contributed by atoms with Gasteiger partial charge in [-0.15, -0.1) is 0 Å². The Morgan fingerprint density at radius 2 is 1.95 bits per heavy atom. The fourth-order valence-electron chi connectivity index (χ4n) is 2.51. The van der Waals surface area contributed by atoms with Crippen molar-refractivity contribution in [1.29, 1.82) is 0 Å². The van der Waals surface area contributed by atoms with E-state index in [1.165, 1.54) is 6.92 Å². The molecule has 1 spiro atoms. The van der Waals surface area contributed by atoms with Crippen molar-refractivity contribution in [2.75, 3.05) is 6.61 Å². The molecule has 0 amide bonds. The largest absolute Gasteiger partial charge is 0.462 e. The minimum absolute atomic E-state index is 0.0861. The van der Waals surface area contributed by atoms with E-state index in [9.17, 15) is 14.4 Å². The van der Waals surface area contributed by atoms with Gasteiger partial charge in [0.2, 0.25) is 0 Å². The lowest BCUT2D eigenvalue weighted by molar-refractivity contribution is -0.178. The fraction of sp³-hybridized carbons (Fsp3) is 0.267. The van der Waals surface area contributed by atoms with Crippen LogP contribution in [0.1, 0.15) is 29.8 Å². The molecule has 0 N–H and O–H groups in total. The Bertz CT molecular complexity index is 702. The molecule has 0 fully saturated rings. The van der Waals surface area contributed by atoms with Crippen molar-refractivity contribution < 1.29 is 28.6 Å². The van der Waals surface area contributed by atoms with E-state index in [2.05, 4.69) is 0 Å². The van der Waals surface area contributed by atoms with Crippen LogP contribution < -0.4 is 0 Å². The second kappa shape index (κ2) is 4.44. The second-order valence-corrected chi connectivity index (χ2v) is 4.63. The molecular formula is C15H12O6. The second-order valence-electron chi connectivity index (χ2n) is 4.63. The first-order valence-corrected chi connectivity index (χ1v) is 6.46. The Morgan fingerprint density at radius 1 is 1.24 bits per heavy atom. The topological polar surface area (TPSA) is 78.9 Å².